The van der Waals surface area contributed by atoms with Crippen LogP contribution in [-0.4, -0.2) is 15.9 Å². The zero-order valence-electron chi connectivity index (χ0n) is 9.14. The van der Waals surface area contributed by atoms with Gasteiger partial charge in [0.15, 0.2) is 0 Å². The number of nitrogens with zero attached hydrogens (tertiary/aromatic N) is 1. The number of carbonyl (C=O) groups is 1. The number of hydrogen-bond donors (Lipinski definition) is 1. The first-order chi connectivity index (χ1) is 8.16. The highest BCUT2D eigenvalue weighted by Gasteiger charge is 2.07. The Hall–Kier alpha value is -2.43. The fraction of sp³-hybridized carbons (Fsp3) is 0.0833. The van der Waals surface area contributed by atoms with Crippen molar-refractivity contribution in [2.45, 2.75) is 6.92 Å². The molecule has 1 heterocycles. The lowest BCUT2D eigenvalue weighted by Gasteiger charge is -2.02. The lowest BCUT2D eigenvalue weighted by Crippen LogP contribution is -2.13. The minimum Gasteiger partial charge on any atom is -0.406 e. The molecule has 0 aliphatic carbocycles. The molecular formula is C12H10N2O3. The van der Waals surface area contributed by atoms with E-state index in [9.17, 15) is 9.59 Å². The monoisotopic (exact) mass is 230 g/mol. The molecule has 5 heteroatoms. The van der Waals surface area contributed by atoms with Crippen LogP contribution >= 0.6 is 0 Å². The molecule has 86 valence electrons. The van der Waals surface area contributed by atoms with Crippen LogP contribution in [0.2, 0.25) is 0 Å². The summed E-state index contributed by atoms with van der Waals surface area (Å²) in [6.07, 6.45) is 1.26. The van der Waals surface area contributed by atoms with Gasteiger partial charge in [-0.2, -0.15) is 0 Å². The van der Waals surface area contributed by atoms with Gasteiger partial charge in [0.2, 0.25) is 5.88 Å². The molecule has 5 nitrogen and oxygen atoms in total. The van der Waals surface area contributed by atoms with Gasteiger partial charge < -0.3 is 9.72 Å². The Balaban J connectivity index is 2.47. The number of hydrogen-bond acceptors (Lipinski definition) is 4. The van der Waals surface area contributed by atoms with E-state index in [1.54, 1.807) is 24.3 Å². The average molecular weight is 230 g/mol. The molecule has 2 aromatic rings. The molecule has 0 unspecified atom stereocenters. The Bertz CT molecular complexity index is 590. The third-order valence-corrected chi connectivity index (χ3v) is 2.06. The Morgan fingerprint density at radius 1 is 1.29 bits per heavy atom. The smallest absolute Gasteiger partial charge is 0.309 e. The molecular weight excluding hydrogens is 220 g/mol. The molecule has 0 aliphatic rings. The molecule has 0 bridgehead atoms. The Labute approximate surface area is 97.1 Å². The van der Waals surface area contributed by atoms with Crippen LogP contribution in [0.15, 0.2) is 41.3 Å². The standard InChI is InChI=1S/C12H10N2O3/c1-8(15)17-10-7-13-12(16)11(14-10)9-5-3-2-4-6-9/h2-7H,1H3,(H,13,16). The van der Waals surface area contributed by atoms with Crippen LogP contribution in [0.1, 0.15) is 6.92 Å². The van der Waals surface area contributed by atoms with Gasteiger partial charge in [-0.15, -0.1) is 0 Å². The highest BCUT2D eigenvalue weighted by atomic mass is 16.5. The van der Waals surface area contributed by atoms with Crippen molar-refractivity contribution in [3.05, 3.63) is 46.9 Å². The van der Waals surface area contributed by atoms with Crippen LogP contribution < -0.4 is 10.3 Å². The van der Waals surface area contributed by atoms with Gasteiger partial charge in [0, 0.05) is 12.5 Å². The van der Waals surface area contributed by atoms with Gasteiger partial charge in [0.25, 0.3) is 5.56 Å². The second-order valence-corrected chi connectivity index (χ2v) is 3.38. The van der Waals surface area contributed by atoms with Crippen LogP contribution in [0.5, 0.6) is 5.88 Å². The zero-order valence-corrected chi connectivity index (χ0v) is 9.14. The fourth-order valence-electron chi connectivity index (χ4n) is 1.38. The van der Waals surface area contributed by atoms with Crippen LogP contribution in [0, 0.1) is 0 Å². The molecule has 0 fully saturated rings. The number of ether oxygens (including phenoxy) is 1. The van der Waals surface area contributed by atoms with Crippen LogP contribution in [0.4, 0.5) is 0 Å². The van der Waals surface area contributed by atoms with Crippen molar-refractivity contribution in [1.29, 1.82) is 0 Å². The molecule has 0 aliphatic heterocycles. The van der Waals surface area contributed by atoms with E-state index in [1.165, 1.54) is 13.1 Å². The van der Waals surface area contributed by atoms with Gasteiger partial charge in [-0.25, -0.2) is 4.98 Å². The lowest BCUT2D eigenvalue weighted by molar-refractivity contribution is -0.132. The van der Waals surface area contributed by atoms with Crippen LogP contribution in [0.3, 0.4) is 0 Å². The first-order valence-corrected chi connectivity index (χ1v) is 5.00. The van der Waals surface area contributed by atoms with Crippen LogP contribution in [-0.2, 0) is 4.79 Å². The van der Waals surface area contributed by atoms with Crippen molar-refractivity contribution in [3.63, 3.8) is 0 Å². The molecule has 1 aromatic heterocycles. The first-order valence-electron chi connectivity index (χ1n) is 5.00. The number of H-pyrrole nitrogens is 1. The molecule has 17 heavy (non-hydrogen) atoms. The van der Waals surface area contributed by atoms with E-state index in [1.807, 2.05) is 6.07 Å². The summed E-state index contributed by atoms with van der Waals surface area (Å²) in [7, 11) is 0. The summed E-state index contributed by atoms with van der Waals surface area (Å²) in [5.41, 5.74) is 0.569. The summed E-state index contributed by atoms with van der Waals surface area (Å²) in [6, 6.07) is 8.96. The van der Waals surface area contributed by atoms with Gasteiger partial charge in [0.1, 0.15) is 5.69 Å². The van der Waals surface area contributed by atoms with Gasteiger partial charge in [0.05, 0.1) is 6.20 Å². The summed E-state index contributed by atoms with van der Waals surface area (Å²) >= 11 is 0. The third-order valence-electron chi connectivity index (χ3n) is 2.06. The maximum Gasteiger partial charge on any atom is 0.309 e. The predicted octanol–water partition coefficient (Wildman–Crippen LogP) is 1.36. The largest absolute Gasteiger partial charge is 0.406 e. The third kappa shape index (κ3) is 2.57. The van der Waals surface area contributed by atoms with Gasteiger partial charge >= 0.3 is 5.97 Å². The fourth-order valence-corrected chi connectivity index (χ4v) is 1.38. The summed E-state index contributed by atoms with van der Waals surface area (Å²) in [6.45, 7) is 1.27. The highest BCUT2D eigenvalue weighted by Crippen LogP contribution is 2.14. The number of rotatable bonds is 2. The maximum atomic E-state index is 11.6. The van der Waals surface area contributed by atoms with E-state index >= 15 is 0 Å². The van der Waals surface area contributed by atoms with Crippen molar-refractivity contribution in [2.24, 2.45) is 0 Å². The quantitative estimate of drug-likeness (QED) is 0.791. The second kappa shape index (κ2) is 4.61. The molecule has 2 rings (SSSR count). The molecule has 1 N–H and O–H groups in total. The van der Waals surface area contributed by atoms with Gasteiger partial charge in [-0.1, -0.05) is 30.3 Å². The number of nitrogens with one attached hydrogen (secondary N) is 1. The molecule has 0 spiro atoms. The minimum atomic E-state index is -0.483. The van der Waals surface area contributed by atoms with E-state index < -0.39 is 5.97 Å². The molecule has 0 amide bonds. The van der Waals surface area contributed by atoms with Gasteiger partial charge in [-0.3, -0.25) is 9.59 Å². The predicted molar refractivity (Wildman–Crippen MR) is 61.6 cm³/mol. The van der Waals surface area contributed by atoms with Crippen molar-refractivity contribution in [2.75, 3.05) is 0 Å². The minimum absolute atomic E-state index is 0.0796. The Kier molecular flexibility index (Phi) is 3.00. The molecule has 0 atom stereocenters. The number of aromatic amines is 1. The normalized spacial score (nSPS) is 9.94. The topological polar surface area (TPSA) is 72.1 Å². The summed E-state index contributed by atoms with van der Waals surface area (Å²) in [5.74, 6) is -0.403. The number of benzene rings is 1. The zero-order chi connectivity index (χ0) is 12.3. The van der Waals surface area contributed by atoms with E-state index in [2.05, 4.69) is 9.97 Å². The molecule has 0 saturated heterocycles. The molecule has 0 radical (unpaired) electrons. The maximum absolute atomic E-state index is 11.6. The summed E-state index contributed by atoms with van der Waals surface area (Å²) < 4.78 is 4.81. The number of carbonyl (C=O) groups excluding carboxylic acids is 1. The van der Waals surface area contributed by atoms with E-state index in [4.69, 9.17) is 4.74 Å². The van der Waals surface area contributed by atoms with Crippen LogP contribution in [0.25, 0.3) is 11.3 Å². The van der Waals surface area contributed by atoms with E-state index in [0.717, 1.165) is 0 Å². The SMILES string of the molecule is CC(=O)Oc1c[nH]c(=O)c(-c2ccccc2)n1. The van der Waals surface area contributed by atoms with E-state index in [-0.39, 0.29) is 17.1 Å². The van der Waals surface area contributed by atoms with E-state index in [0.29, 0.717) is 5.56 Å². The summed E-state index contributed by atoms with van der Waals surface area (Å²) in [5, 5.41) is 0. The second-order valence-electron chi connectivity index (χ2n) is 3.38. The Morgan fingerprint density at radius 2 is 2.00 bits per heavy atom. The Morgan fingerprint density at radius 3 is 2.65 bits per heavy atom. The lowest BCUT2D eigenvalue weighted by atomic mass is 10.2. The number of esters is 1. The van der Waals surface area contributed by atoms with Crippen molar-refractivity contribution in [1.82, 2.24) is 9.97 Å². The summed E-state index contributed by atoms with van der Waals surface area (Å²) in [4.78, 5) is 28.9. The van der Waals surface area contributed by atoms with Gasteiger partial charge in [-0.05, 0) is 0 Å². The molecule has 1 aromatic carbocycles. The first kappa shape index (κ1) is 11.1. The van der Waals surface area contributed by atoms with Crippen molar-refractivity contribution >= 4 is 5.97 Å². The molecule has 0 saturated carbocycles. The average Bonchev–Trinajstić information content (AvgIpc) is 2.32. The van der Waals surface area contributed by atoms with Crippen molar-refractivity contribution in [3.8, 4) is 17.1 Å². The number of aromatic nitrogens is 2. The van der Waals surface area contributed by atoms with Crippen molar-refractivity contribution < 1.29 is 9.53 Å². The highest BCUT2D eigenvalue weighted by molar-refractivity contribution is 5.69.